The van der Waals surface area contributed by atoms with Crippen LogP contribution in [-0.4, -0.2) is 24.6 Å². The highest BCUT2D eigenvalue weighted by atomic mass is 35.5. The summed E-state index contributed by atoms with van der Waals surface area (Å²) >= 11 is 5.68. The monoisotopic (exact) mass is 313 g/mol. The summed E-state index contributed by atoms with van der Waals surface area (Å²) in [6, 6.07) is 4.29. The molecule has 0 spiro atoms. The van der Waals surface area contributed by atoms with E-state index in [0.29, 0.717) is 10.6 Å². The molecule has 0 atom stereocenters. The Morgan fingerprint density at radius 3 is 2.76 bits per heavy atom. The van der Waals surface area contributed by atoms with Gasteiger partial charge in [0.2, 0.25) is 0 Å². The molecule has 0 unspecified atom stereocenters. The second-order valence-electron chi connectivity index (χ2n) is 4.02. The van der Waals surface area contributed by atoms with E-state index in [4.69, 9.17) is 21.1 Å². The molecular weight excluding hydrogens is 297 g/mol. The van der Waals surface area contributed by atoms with Gasteiger partial charge in [0, 0.05) is 17.6 Å². The first-order chi connectivity index (χ1) is 9.99. The first-order valence-electron chi connectivity index (χ1n) is 6.29. The van der Waals surface area contributed by atoms with E-state index in [1.54, 1.807) is 13.0 Å². The Hall–Kier alpha value is -2.01. The van der Waals surface area contributed by atoms with Crippen LogP contribution in [0, 0.1) is 5.82 Å². The van der Waals surface area contributed by atoms with Crippen molar-refractivity contribution in [2.24, 2.45) is 0 Å². The van der Waals surface area contributed by atoms with Gasteiger partial charge in [0.25, 0.3) is 0 Å². The predicted octanol–water partition coefficient (Wildman–Crippen LogP) is 4.11. The number of allylic oxidation sites excluding steroid dienone is 2. The van der Waals surface area contributed by atoms with Crippen molar-refractivity contribution in [2.45, 2.75) is 13.5 Å². The van der Waals surface area contributed by atoms with Crippen molar-refractivity contribution in [3.63, 3.8) is 0 Å². The zero-order valence-corrected chi connectivity index (χ0v) is 12.7. The molecule has 1 aromatic rings. The van der Waals surface area contributed by atoms with Crippen LogP contribution in [0.25, 0.3) is 0 Å². The number of amides is 1. The van der Waals surface area contributed by atoms with E-state index in [-0.39, 0.29) is 19.1 Å². The third kappa shape index (κ3) is 5.11. The van der Waals surface area contributed by atoms with Gasteiger partial charge in [0.15, 0.2) is 5.88 Å². The van der Waals surface area contributed by atoms with E-state index < -0.39 is 11.9 Å². The number of halogens is 2. The third-order valence-electron chi connectivity index (χ3n) is 2.52. The molecule has 114 valence electrons. The van der Waals surface area contributed by atoms with Gasteiger partial charge in [-0.3, -0.25) is 4.90 Å². The lowest BCUT2D eigenvalue weighted by Crippen LogP contribution is -2.28. The van der Waals surface area contributed by atoms with Gasteiger partial charge in [-0.25, -0.2) is 9.18 Å². The number of carbonyl (C=O) groups excluding carboxylic acids is 1. The highest BCUT2D eigenvalue weighted by molar-refractivity contribution is 6.30. The van der Waals surface area contributed by atoms with Crippen molar-refractivity contribution in [2.75, 3.05) is 13.7 Å². The number of ether oxygens (including phenoxy) is 2. The van der Waals surface area contributed by atoms with Crippen molar-refractivity contribution in [3.05, 3.63) is 59.2 Å². The van der Waals surface area contributed by atoms with Crippen LogP contribution >= 0.6 is 11.6 Å². The molecular formula is C15H17ClFNO3. The second-order valence-corrected chi connectivity index (χ2v) is 4.46. The largest absolute Gasteiger partial charge is 0.474 e. The zero-order valence-electron chi connectivity index (χ0n) is 11.9. The van der Waals surface area contributed by atoms with Crippen molar-refractivity contribution in [1.82, 2.24) is 4.90 Å². The lowest BCUT2D eigenvalue weighted by molar-refractivity contribution is 0.0802. The van der Waals surface area contributed by atoms with Crippen molar-refractivity contribution < 1.29 is 18.7 Å². The summed E-state index contributed by atoms with van der Waals surface area (Å²) in [5, 5.41) is 0.307. The third-order valence-corrected chi connectivity index (χ3v) is 2.76. The van der Waals surface area contributed by atoms with Crippen LogP contribution in [0.3, 0.4) is 0 Å². The minimum Gasteiger partial charge on any atom is -0.474 e. The average Bonchev–Trinajstić information content (AvgIpc) is 2.44. The second kappa shape index (κ2) is 8.32. The molecule has 0 heterocycles. The number of hydrogen-bond donors (Lipinski definition) is 0. The smallest absolute Gasteiger partial charge is 0.416 e. The minimum absolute atomic E-state index is 0.0492. The Balaban J connectivity index is 2.78. The molecule has 0 aliphatic carbocycles. The van der Waals surface area contributed by atoms with Gasteiger partial charge in [-0.15, -0.1) is 0 Å². The van der Waals surface area contributed by atoms with Crippen LogP contribution in [0.15, 0.2) is 42.8 Å². The number of rotatable bonds is 6. The fourth-order valence-electron chi connectivity index (χ4n) is 1.46. The summed E-state index contributed by atoms with van der Waals surface area (Å²) in [6.07, 6.45) is 2.38. The van der Waals surface area contributed by atoms with Gasteiger partial charge in [0.05, 0.1) is 6.61 Å². The van der Waals surface area contributed by atoms with E-state index in [9.17, 15) is 9.18 Å². The summed E-state index contributed by atoms with van der Waals surface area (Å²) in [6.45, 7) is 5.44. The van der Waals surface area contributed by atoms with E-state index >= 15 is 0 Å². The molecule has 0 aliphatic heterocycles. The van der Waals surface area contributed by atoms with Crippen LogP contribution in [0.4, 0.5) is 9.18 Å². The molecule has 1 aromatic carbocycles. The van der Waals surface area contributed by atoms with E-state index in [0.717, 1.165) is 0 Å². The maximum absolute atomic E-state index is 13.7. The van der Waals surface area contributed by atoms with E-state index in [2.05, 4.69) is 6.58 Å². The molecule has 0 radical (unpaired) electrons. The predicted molar refractivity (Wildman–Crippen MR) is 79.3 cm³/mol. The van der Waals surface area contributed by atoms with Gasteiger partial charge < -0.3 is 9.47 Å². The van der Waals surface area contributed by atoms with Gasteiger partial charge in [-0.2, -0.15) is 0 Å². The molecule has 21 heavy (non-hydrogen) atoms. The Kier molecular flexibility index (Phi) is 6.75. The van der Waals surface area contributed by atoms with Crippen molar-refractivity contribution in [3.8, 4) is 0 Å². The van der Waals surface area contributed by atoms with Crippen molar-refractivity contribution in [1.29, 1.82) is 0 Å². The molecule has 4 nitrogen and oxygen atoms in total. The molecule has 0 fully saturated rings. The number of carbonyl (C=O) groups is 1. The summed E-state index contributed by atoms with van der Waals surface area (Å²) in [4.78, 5) is 12.8. The van der Waals surface area contributed by atoms with Crippen LogP contribution in [0.2, 0.25) is 5.02 Å². The highest BCUT2D eigenvalue weighted by Gasteiger charge is 2.16. The van der Waals surface area contributed by atoms with Crippen LogP contribution < -0.4 is 0 Å². The molecule has 0 saturated carbocycles. The molecule has 0 bridgehead atoms. The SMILES string of the molecule is C=C/C=C(/OCc1ccc(Cl)cc1F)N(C)C(=O)OCC. The molecule has 6 heteroatoms. The van der Waals surface area contributed by atoms with Crippen LogP contribution in [0.5, 0.6) is 0 Å². The Morgan fingerprint density at radius 2 is 2.19 bits per heavy atom. The molecule has 0 aliphatic rings. The standard InChI is InChI=1S/C15H17ClFNO3/c1-4-6-14(18(3)15(19)20-5-2)21-10-11-7-8-12(16)9-13(11)17/h4,6-9H,1,5,10H2,2-3H3/b14-6+. The van der Waals surface area contributed by atoms with Gasteiger partial charge in [-0.1, -0.05) is 30.3 Å². The number of hydrogen-bond acceptors (Lipinski definition) is 3. The summed E-state index contributed by atoms with van der Waals surface area (Å²) in [7, 11) is 1.49. The molecule has 1 rings (SSSR count). The fraction of sp³-hybridized carbons (Fsp3) is 0.267. The maximum atomic E-state index is 13.7. The normalized spacial score (nSPS) is 11.0. The first-order valence-corrected chi connectivity index (χ1v) is 6.67. The zero-order chi connectivity index (χ0) is 15.8. The van der Waals surface area contributed by atoms with Gasteiger partial charge in [-0.05, 0) is 25.1 Å². The summed E-state index contributed by atoms with van der Waals surface area (Å²) in [5.74, 6) is -0.267. The molecule has 0 saturated heterocycles. The first kappa shape index (κ1) is 17.0. The Morgan fingerprint density at radius 1 is 1.48 bits per heavy atom. The minimum atomic E-state index is -0.567. The number of benzene rings is 1. The molecule has 1 amide bonds. The van der Waals surface area contributed by atoms with E-state index in [1.807, 2.05) is 0 Å². The topological polar surface area (TPSA) is 38.8 Å². The number of nitrogens with zero attached hydrogens (tertiary/aromatic N) is 1. The van der Waals surface area contributed by atoms with Crippen molar-refractivity contribution >= 4 is 17.7 Å². The average molecular weight is 314 g/mol. The lowest BCUT2D eigenvalue weighted by atomic mass is 10.2. The summed E-state index contributed by atoms with van der Waals surface area (Å²) in [5.41, 5.74) is 0.326. The van der Waals surface area contributed by atoms with Crippen LogP contribution in [0.1, 0.15) is 12.5 Å². The molecule has 0 N–H and O–H groups in total. The van der Waals surface area contributed by atoms with E-state index in [1.165, 1.54) is 36.2 Å². The Bertz CT molecular complexity index is 546. The summed E-state index contributed by atoms with van der Waals surface area (Å²) < 4.78 is 24.0. The fourth-order valence-corrected chi connectivity index (χ4v) is 1.62. The van der Waals surface area contributed by atoms with Crippen LogP contribution in [-0.2, 0) is 16.1 Å². The highest BCUT2D eigenvalue weighted by Crippen LogP contribution is 2.17. The van der Waals surface area contributed by atoms with Gasteiger partial charge >= 0.3 is 6.09 Å². The molecule has 0 aromatic heterocycles. The lowest BCUT2D eigenvalue weighted by Gasteiger charge is -2.20. The quantitative estimate of drug-likeness (QED) is 0.586. The Labute approximate surface area is 128 Å². The van der Waals surface area contributed by atoms with Gasteiger partial charge in [0.1, 0.15) is 12.4 Å². The maximum Gasteiger partial charge on any atom is 0.416 e.